The van der Waals surface area contributed by atoms with Gasteiger partial charge in [-0.15, -0.1) is 0 Å². The van der Waals surface area contributed by atoms with E-state index >= 15 is 0 Å². The third kappa shape index (κ3) is 6.31. The minimum absolute atomic E-state index is 0.0224. The van der Waals surface area contributed by atoms with Gasteiger partial charge in [-0.1, -0.05) is 25.1 Å². The molecule has 1 aromatic carbocycles. The first kappa shape index (κ1) is 17.0. The van der Waals surface area contributed by atoms with E-state index in [0.29, 0.717) is 18.0 Å². The topological polar surface area (TPSA) is 59.6 Å². The largest absolute Gasteiger partial charge is 0.493 e. The van der Waals surface area contributed by atoms with Gasteiger partial charge < -0.3 is 20.1 Å². The molecule has 0 unspecified atom stereocenters. The predicted octanol–water partition coefficient (Wildman–Crippen LogP) is 1.83. The van der Waals surface area contributed by atoms with Crippen LogP contribution in [0.2, 0.25) is 0 Å². The Hall–Kier alpha value is -2.01. The number of allylic oxidation sites excluding steroid dienone is 1. The average Bonchev–Trinajstić information content (AvgIpc) is 2.50. The Labute approximate surface area is 126 Å². The van der Waals surface area contributed by atoms with Gasteiger partial charge in [0.15, 0.2) is 18.1 Å². The van der Waals surface area contributed by atoms with Crippen molar-refractivity contribution in [3.8, 4) is 11.5 Å². The molecule has 0 aliphatic heterocycles. The van der Waals surface area contributed by atoms with Crippen LogP contribution in [0.3, 0.4) is 0 Å². The van der Waals surface area contributed by atoms with Crippen LogP contribution in [0.15, 0.2) is 24.3 Å². The smallest absolute Gasteiger partial charge is 0.257 e. The summed E-state index contributed by atoms with van der Waals surface area (Å²) >= 11 is 0. The minimum atomic E-state index is -0.146. The first-order chi connectivity index (χ1) is 10.2. The summed E-state index contributed by atoms with van der Waals surface area (Å²) in [6.07, 6.45) is 3.92. The van der Waals surface area contributed by atoms with Crippen molar-refractivity contribution >= 4 is 12.0 Å². The lowest BCUT2D eigenvalue weighted by Crippen LogP contribution is -2.34. The van der Waals surface area contributed by atoms with Crippen molar-refractivity contribution in [2.24, 2.45) is 0 Å². The molecule has 0 saturated heterocycles. The first-order valence-electron chi connectivity index (χ1n) is 7.12. The normalized spacial score (nSPS) is 10.6. The molecule has 0 atom stereocenters. The summed E-state index contributed by atoms with van der Waals surface area (Å²) < 4.78 is 10.8. The maximum atomic E-state index is 11.6. The molecular formula is C16H24N2O3. The molecule has 5 nitrogen and oxygen atoms in total. The molecule has 1 amide bonds. The fraction of sp³-hybridized carbons (Fsp3) is 0.438. The predicted molar refractivity (Wildman–Crippen MR) is 84.8 cm³/mol. The Morgan fingerprint density at radius 2 is 2.10 bits per heavy atom. The molecule has 21 heavy (non-hydrogen) atoms. The van der Waals surface area contributed by atoms with E-state index in [-0.39, 0.29) is 12.5 Å². The van der Waals surface area contributed by atoms with Gasteiger partial charge in [0.1, 0.15) is 0 Å². The van der Waals surface area contributed by atoms with Gasteiger partial charge >= 0.3 is 0 Å². The Morgan fingerprint density at radius 1 is 1.29 bits per heavy atom. The minimum Gasteiger partial charge on any atom is -0.493 e. The van der Waals surface area contributed by atoms with Crippen molar-refractivity contribution in [1.29, 1.82) is 0 Å². The zero-order valence-corrected chi connectivity index (χ0v) is 12.9. The molecule has 1 rings (SSSR count). The Morgan fingerprint density at radius 3 is 2.76 bits per heavy atom. The van der Waals surface area contributed by atoms with Gasteiger partial charge in [0, 0.05) is 13.1 Å². The number of benzene rings is 1. The van der Waals surface area contributed by atoms with E-state index in [1.807, 2.05) is 38.1 Å². The summed E-state index contributed by atoms with van der Waals surface area (Å²) in [4.78, 5) is 11.6. The average molecular weight is 292 g/mol. The quantitative estimate of drug-likeness (QED) is 0.682. The summed E-state index contributed by atoms with van der Waals surface area (Å²) in [5.41, 5.74) is 1.02. The van der Waals surface area contributed by atoms with Crippen LogP contribution in [0.5, 0.6) is 11.5 Å². The molecule has 0 aromatic heterocycles. The van der Waals surface area contributed by atoms with E-state index in [0.717, 1.165) is 18.7 Å². The Balaban J connectivity index is 2.49. The van der Waals surface area contributed by atoms with Gasteiger partial charge in [-0.3, -0.25) is 4.79 Å². The molecule has 0 radical (unpaired) electrons. The fourth-order valence-corrected chi connectivity index (χ4v) is 1.76. The maximum Gasteiger partial charge on any atom is 0.257 e. The molecular weight excluding hydrogens is 268 g/mol. The fourth-order valence-electron chi connectivity index (χ4n) is 1.76. The summed E-state index contributed by atoms with van der Waals surface area (Å²) in [6.45, 7) is 6.19. The molecule has 0 fully saturated rings. The number of nitrogens with one attached hydrogen (secondary N) is 2. The van der Waals surface area contributed by atoms with Crippen LogP contribution in [-0.4, -0.2) is 39.3 Å². The Kier molecular flexibility index (Phi) is 7.97. The first-order valence-corrected chi connectivity index (χ1v) is 7.12. The second-order valence-corrected chi connectivity index (χ2v) is 4.40. The number of ether oxygens (including phenoxy) is 2. The van der Waals surface area contributed by atoms with Crippen LogP contribution in [-0.2, 0) is 4.79 Å². The lowest BCUT2D eigenvalue weighted by molar-refractivity contribution is -0.123. The second kappa shape index (κ2) is 9.83. The van der Waals surface area contributed by atoms with Crippen LogP contribution < -0.4 is 20.1 Å². The number of hydrogen-bond acceptors (Lipinski definition) is 4. The molecule has 5 heteroatoms. The maximum absolute atomic E-state index is 11.6. The number of amides is 1. The lowest BCUT2D eigenvalue weighted by Gasteiger charge is -2.11. The highest BCUT2D eigenvalue weighted by molar-refractivity contribution is 5.77. The van der Waals surface area contributed by atoms with Crippen molar-refractivity contribution in [3.63, 3.8) is 0 Å². The number of methoxy groups -OCH3 is 1. The van der Waals surface area contributed by atoms with E-state index in [4.69, 9.17) is 9.47 Å². The molecule has 2 N–H and O–H groups in total. The van der Waals surface area contributed by atoms with Crippen molar-refractivity contribution in [2.45, 2.75) is 13.8 Å². The van der Waals surface area contributed by atoms with Crippen molar-refractivity contribution < 1.29 is 14.3 Å². The lowest BCUT2D eigenvalue weighted by atomic mass is 10.2. The van der Waals surface area contributed by atoms with Crippen molar-refractivity contribution in [1.82, 2.24) is 10.6 Å². The van der Waals surface area contributed by atoms with Gasteiger partial charge in [0.25, 0.3) is 5.91 Å². The number of hydrogen-bond donors (Lipinski definition) is 2. The highest BCUT2D eigenvalue weighted by Crippen LogP contribution is 2.28. The highest BCUT2D eigenvalue weighted by Gasteiger charge is 2.07. The molecule has 0 spiro atoms. The van der Waals surface area contributed by atoms with Crippen molar-refractivity contribution in [2.75, 3.05) is 33.4 Å². The molecule has 1 aromatic rings. The number of carbonyl (C=O) groups is 1. The molecule has 0 aliphatic carbocycles. The third-order valence-corrected chi connectivity index (χ3v) is 2.78. The van der Waals surface area contributed by atoms with Crippen LogP contribution in [0.1, 0.15) is 19.4 Å². The third-order valence-electron chi connectivity index (χ3n) is 2.78. The summed E-state index contributed by atoms with van der Waals surface area (Å²) in [7, 11) is 1.58. The second-order valence-electron chi connectivity index (χ2n) is 4.40. The standard InChI is InChI=1S/C16H24N2O3/c1-4-6-13-7-8-14(15(11-13)20-3)21-12-16(19)18-10-9-17-5-2/h4,6-8,11,17H,5,9-10,12H2,1-3H3,(H,18,19)/b6-4+. The van der Waals surface area contributed by atoms with Crippen LogP contribution in [0, 0.1) is 0 Å². The number of carbonyl (C=O) groups excluding carboxylic acids is 1. The molecule has 116 valence electrons. The summed E-state index contributed by atoms with van der Waals surface area (Å²) in [6, 6.07) is 5.60. The van der Waals surface area contributed by atoms with E-state index in [1.165, 1.54) is 0 Å². The monoisotopic (exact) mass is 292 g/mol. The van der Waals surface area contributed by atoms with Crippen LogP contribution >= 0.6 is 0 Å². The van der Waals surface area contributed by atoms with Crippen molar-refractivity contribution in [3.05, 3.63) is 29.8 Å². The zero-order chi connectivity index (χ0) is 15.5. The summed E-state index contributed by atoms with van der Waals surface area (Å²) in [5, 5.41) is 5.91. The number of rotatable bonds is 9. The van der Waals surface area contributed by atoms with Gasteiger partial charge in [0.05, 0.1) is 7.11 Å². The highest BCUT2D eigenvalue weighted by atomic mass is 16.5. The van der Waals surface area contributed by atoms with Gasteiger partial charge in [-0.2, -0.15) is 0 Å². The Bertz CT molecular complexity index is 473. The van der Waals surface area contributed by atoms with E-state index in [1.54, 1.807) is 13.2 Å². The van der Waals surface area contributed by atoms with Gasteiger partial charge in [-0.05, 0) is 31.2 Å². The molecule has 0 bridgehead atoms. The van der Waals surface area contributed by atoms with E-state index in [2.05, 4.69) is 10.6 Å². The van der Waals surface area contributed by atoms with E-state index in [9.17, 15) is 4.79 Å². The van der Waals surface area contributed by atoms with Crippen LogP contribution in [0.25, 0.3) is 6.08 Å². The van der Waals surface area contributed by atoms with Gasteiger partial charge in [0.2, 0.25) is 0 Å². The molecule has 0 aliphatic rings. The molecule has 0 heterocycles. The number of likely N-dealkylation sites (N-methyl/N-ethyl adjacent to an activating group) is 1. The van der Waals surface area contributed by atoms with E-state index < -0.39 is 0 Å². The zero-order valence-electron chi connectivity index (χ0n) is 12.9. The molecule has 0 saturated carbocycles. The summed E-state index contributed by atoms with van der Waals surface area (Å²) in [5.74, 6) is 1.03. The van der Waals surface area contributed by atoms with Crippen LogP contribution in [0.4, 0.5) is 0 Å². The van der Waals surface area contributed by atoms with Gasteiger partial charge in [-0.25, -0.2) is 0 Å². The SMILES string of the molecule is C/C=C/c1ccc(OCC(=O)NCCNCC)c(OC)c1.